The summed E-state index contributed by atoms with van der Waals surface area (Å²) in [5, 5.41) is 0. The molecule has 0 spiro atoms. The van der Waals surface area contributed by atoms with E-state index in [0.717, 1.165) is 24.3 Å². The average Bonchev–Trinajstić information content (AvgIpc) is 2.54. The molecule has 4 radical (unpaired) electrons. The highest BCUT2D eigenvalue weighted by Gasteiger charge is 2.53. The van der Waals surface area contributed by atoms with E-state index in [9.17, 15) is 0 Å². The third kappa shape index (κ3) is 3.99. The molecule has 24 heavy (non-hydrogen) atoms. The summed E-state index contributed by atoms with van der Waals surface area (Å²) in [6.45, 7) is 11.6. The zero-order valence-electron chi connectivity index (χ0n) is 15.3. The first-order valence-corrected chi connectivity index (χ1v) is 11.7. The van der Waals surface area contributed by atoms with Gasteiger partial charge in [-0.25, -0.2) is 0 Å². The lowest BCUT2D eigenvalue weighted by atomic mass is 9.56. The summed E-state index contributed by atoms with van der Waals surface area (Å²) >= 11 is 4.57. The molecule has 2 rings (SSSR count). The first-order valence-electron chi connectivity index (χ1n) is 8.43. The van der Waals surface area contributed by atoms with Crippen molar-refractivity contribution in [3.63, 3.8) is 0 Å². The van der Waals surface area contributed by atoms with Crippen LogP contribution in [-0.2, 0) is 19.0 Å². The van der Waals surface area contributed by atoms with Gasteiger partial charge < -0.3 is 13.6 Å². The van der Waals surface area contributed by atoms with Gasteiger partial charge in [0.15, 0.2) is 0 Å². The fraction of sp³-hybridized carbons (Fsp3) is 0.667. The normalized spacial score (nSPS) is 25.2. The summed E-state index contributed by atoms with van der Waals surface area (Å²) in [5.74, 6) is 0. The van der Waals surface area contributed by atoms with Crippen LogP contribution in [0.25, 0.3) is 0 Å². The average molecular weight is 381 g/mol. The van der Waals surface area contributed by atoms with Crippen LogP contribution in [0, 0.1) is 5.41 Å². The number of ether oxygens (including phenoxy) is 1. The van der Waals surface area contributed by atoms with Crippen molar-refractivity contribution >= 4 is 32.2 Å². The first kappa shape index (κ1) is 20.2. The summed E-state index contributed by atoms with van der Waals surface area (Å²) in [4.78, 5) is 0.995. The van der Waals surface area contributed by atoms with Crippen molar-refractivity contribution < 1.29 is 13.6 Å². The van der Waals surface area contributed by atoms with Crippen LogP contribution in [0.4, 0.5) is 0 Å². The van der Waals surface area contributed by atoms with Gasteiger partial charge in [-0.15, -0.1) is 12.6 Å². The van der Waals surface area contributed by atoms with Crippen LogP contribution in [0.3, 0.4) is 0 Å². The number of hydrogen-bond acceptors (Lipinski definition) is 4. The van der Waals surface area contributed by atoms with Crippen LogP contribution in [0.2, 0.25) is 13.1 Å². The molecule has 132 valence electrons. The van der Waals surface area contributed by atoms with E-state index in [4.69, 9.17) is 13.6 Å². The van der Waals surface area contributed by atoms with E-state index in [1.807, 2.05) is 6.07 Å². The Kier molecular flexibility index (Phi) is 7.16. The van der Waals surface area contributed by atoms with E-state index in [1.54, 1.807) is 0 Å². The van der Waals surface area contributed by atoms with Gasteiger partial charge in [0, 0.05) is 22.3 Å². The zero-order chi connectivity index (χ0) is 17.8. The van der Waals surface area contributed by atoms with Gasteiger partial charge in [-0.05, 0) is 50.6 Å². The minimum Gasteiger partial charge on any atom is -0.394 e. The minimum absolute atomic E-state index is 0.0621. The van der Waals surface area contributed by atoms with Crippen LogP contribution in [0.5, 0.6) is 0 Å². The molecule has 1 saturated heterocycles. The third-order valence-electron chi connectivity index (χ3n) is 5.24. The molecule has 0 N–H and O–H groups in total. The standard InChI is InChI=1S/C18H28O3SSi2/c1-13-12-18(9-10-19-13,14-7-6-8-15(22)11-14)17(2,3)16(20-23-4)21-24-5/h6-8,11,13,16,22H,9-10,12H2,1-5H3/t13-,18+/m0/s1. The zero-order valence-corrected chi connectivity index (χ0v) is 18.2. The topological polar surface area (TPSA) is 27.7 Å². The Morgan fingerprint density at radius 2 is 1.96 bits per heavy atom. The number of hydrogen-bond donors (Lipinski definition) is 1. The van der Waals surface area contributed by atoms with E-state index < -0.39 is 0 Å². The molecule has 1 aromatic rings. The van der Waals surface area contributed by atoms with Crippen molar-refractivity contribution in [1.29, 1.82) is 0 Å². The van der Waals surface area contributed by atoms with E-state index >= 15 is 0 Å². The van der Waals surface area contributed by atoms with E-state index in [1.165, 1.54) is 5.56 Å². The second kappa shape index (κ2) is 8.51. The Balaban J connectivity index is 2.52. The lowest BCUT2D eigenvalue weighted by Crippen LogP contribution is -2.55. The summed E-state index contributed by atoms with van der Waals surface area (Å²) in [6.07, 6.45) is 1.92. The predicted molar refractivity (Wildman–Crippen MR) is 103 cm³/mol. The lowest BCUT2D eigenvalue weighted by molar-refractivity contribution is -0.146. The summed E-state index contributed by atoms with van der Waals surface area (Å²) in [6, 6.07) is 8.54. The van der Waals surface area contributed by atoms with Crippen molar-refractivity contribution in [3.8, 4) is 0 Å². The van der Waals surface area contributed by atoms with Gasteiger partial charge in [0.25, 0.3) is 0 Å². The second-order valence-electron chi connectivity index (χ2n) is 6.97. The van der Waals surface area contributed by atoms with Gasteiger partial charge in [0.2, 0.25) is 19.5 Å². The maximum absolute atomic E-state index is 6.07. The Hall–Kier alpha value is -0.116. The highest BCUT2D eigenvalue weighted by Crippen LogP contribution is 2.53. The third-order valence-corrected chi connectivity index (χ3v) is 6.42. The van der Waals surface area contributed by atoms with Crippen molar-refractivity contribution in [2.24, 2.45) is 5.41 Å². The van der Waals surface area contributed by atoms with Crippen LogP contribution in [0.15, 0.2) is 29.2 Å². The van der Waals surface area contributed by atoms with E-state index in [0.29, 0.717) is 19.5 Å². The molecule has 1 fully saturated rings. The Morgan fingerprint density at radius 1 is 1.29 bits per heavy atom. The molecule has 3 nitrogen and oxygen atoms in total. The van der Waals surface area contributed by atoms with E-state index in [2.05, 4.69) is 64.7 Å². The van der Waals surface area contributed by atoms with Crippen LogP contribution >= 0.6 is 12.6 Å². The number of benzene rings is 1. The monoisotopic (exact) mass is 380 g/mol. The molecule has 1 aromatic carbocycles. The predicted octanol–water partition coefficient (Wildman–Crippen LogP) is 4.13. The molecule has 1 heterocycles. The molecule has 0 aliphatic carbocycles. The fourth-order valence-corrected chi connectivity index (χ4v) is 5.30. The molecule has 0 bridgehead atoms. The fourth-order valence-electron chi connectivity index (χ4n) is 3.87. The summed E-state index contributed by atoms with van der Waals surface area (Å²) in [7, 11) is 0.809. The molecule has 1 aliphatic rings. The van der Waals surface area contributed by atoms with Crippen molar-refractivity contribution in [2.75, 3.05) is 6.61 Å². The second-order valence-corrected chi connectivity index (χ2v) is 8.77. The van der Waals surface area contributed by atoms with Gasteiger partial charge in [-0.1, -0.05) is 26.0 Å². The van der Waals surface area contributed by atoms with Crippen LogP contribution in [0.1, 0.15) is 39.2 Å². The van der Waals surface area contributed by atoms with Crippen molar-refractivity contribution in [3.05, 3.63) is 29.8 Å². The smallest absolute Gasteiger partial charge is 0.229 e. The molecular weight excluding hydrogens is 352 g/mol. The molecule has 0 saturated carbocycles. The molecule has 1 aliphatic heterocycles. The molecule has 0 unspecified atom stereocenters. The maximum atomic E-state index is 6.07. The lowest BCUT2D eigenvalue weighted by Gasteiger charge is -2.53. The largest absolute Gasteiger partial charge is 0.394 e. The highest BCUT2D eigenvalue weighted by atomic mass is 32.1. The molecule has 0 aromatic heterocycles. The molecule has 2 atom stereocenters. The SMILES string of the molecule is C[Si]OC(O[Si]C)C(C)(C)[C@]1(c2cccc(S)c2)CCO[C@@H](C)C1. The van der Waals surface area contributed by atoms with Crippen LogP contribution in [-0.4, -0.2) is 38.5 Å². The van der Waals surface area contributed by atoms with Crippen molar-refractivity contribution in [1.82, 2.24) is 0 Å². The first-order chi connectivity index (χ1) is 11.4. The Morgan fingerprint density at radius 3 is 2.50 bits per heavy atom. The Bertz CT molecular complexity index is 535. The molecular formula is C18H28O3SSi2. The number of thiol groups is 1. The Labute approximate surface area is 157 Å². The van der Waals surface area contributed by atoms with Gasteiger partial charge in [-0.3, -0.25) is 0 Å². The molecule has 6 heteroatoms. The van der Waals surface area contributed by atoms with Gasteiger partial charge >= 0.3 is 0 Å². The van der Waals surface area contributed by atoms with Crippen molar-refractivity contribution in [2.45, 2.75) is 69.4 Å². The van der Waals surface area contributed by atoms with E-state index in [-0.39, 0.29) is 23.2 Å². The highest BCUT2D eigenvalue weighted by molar-refractivity contribution is 7.80. The van der Waals surface area contributed by atoms with Gasteiger partial charge in [0.1, 0.15) is 6.29 Å². The minimum atomic E-state index is -0.224. The van der Waals surface area contributed by atoms with Gasteiger partial charge in [0.05, 0.1) is 6.10 Å². The van der Waals surface area contributed by atoms with Gasteiger partial charge in [-0.2, -0.15) is 0 Å². The quantitative estimate of drug-likeness (QED) is 0.438. The van der Waals surface area contributed by atoms with Crippen LogP contribution < -0.4 is 0 Å². The summed E-state index contributed by atoms with van der Waals surface area (Å²) < 4.78 is 18.0. The summed E-state index contributed by atoms with van der Waals surface area (Å²) in [5.41, 5.74) is 1.07. The molecule has 0 amide bonds. The maximum Gasteiger partial charge on any atom is 0.229 e. The number of rotatable bonds is 7.